The van der Waals surface area contributed by atoms with Crippen LogP contribution in [0.4, 0.5) is 11.4 Å². The van der Waals surface area contributed by atoms with Crippen molar-refractivity contribution in [2.75, 3.05) is 10.0 Å². The quantitative estimate of drug-likeness (QED) is 0.592. The zero-order valence-electron chi connectivity index (χ0n) is 14.4. The molecule has 0 heterocycles. The van der Waals surface area contributed by atoms with E-state index in [1.54, 1.807) is 48.5 Å². The summed E-state index contributed by atoms with van der Waals surface area (Å²) in [4.78, 5) is 12.8. The molecular formula is C20H17BrN2O3S. The van der Waals surface area contributed by atoms with Gasteiger partial charge in [-0.1, -0.05) is 42.0 Å². The van der Waals surface area contributed by atoms with E-state index >= 15 is 0 Å². The molecule has 0 saturated heterocycles. The highest BCUT2D eigenvalue weighted by molar-refractivity contribution is 9.10. The van der Waals surface area contributed by atoms with E-state index in [1.807, 2.05) is 19.1 Å². The maximum atomic E-state index is 12.7. The fourth-order valence-electron chi connectivity index (χ4n) is 2.44. The van der Waals surface area contributed by atoms with Crippen LogP contribution in [0.2, 0.25) is 0 Å². The first kappa shape index (κ1) is 19.1. The lowest BCUT2D eigenvalue weighted by atomic mass is 10.1. The molecule has 0 fully saturated rings. The molecule has 2 N–H and O–H groups in total. The highest BCUT2D eigenvalue weighted by Crippen LogP contribution is 2.25. The topological polar surface area (TPSA) is 75.3 Å². The first-order valence-corrected chi connectivity index (χ1v) is 10.4. The maximum Gasteiger partial charge on any atom is 0.261 e. The molecule has 0 spiro atoms. The Hall–Kier alpha value is -2.64. The Morgan fingerprint density at radius 3 is 2.11 bits per heavy atom. The second kappa shape index (κ2) is 7.94. The lowest BCUT2D eigenvalue weighted by Crippen LogP contribution is -2.18. The minimum absolute atomic E-state index is 0.133. The Morgan fingerprint density at radius 2 is 1.44 bits per heavy atom. The summed E-state index contributed by atoms with van der Waals surface area (Å²) in [6, 6.07) is 20.2. The number of benzene rings is 3. The Balaban J connectivity index is 1.89. The summed E-state index contributed by atoms with van der Waals surface area (Å²) in [5.74, 6) is -0.413. The van der Waals surface area contributed by atoms with Gasteiger partial charge in [-0.05, 0) is 59.3 Å². The van der Waals surface area contributed by atoms with Gasteiger partial charge < -0.3 is 5.32 Å². The normalized spacial score (nSPS) is 11.0. The van der Waals surface area contributed by atoms with Crippen molar-refractivity contribution in [3.8, 4) is 0 Å². The molecule has 5 nitrogen and oxygen atoms in total. The standard InChI is InChI=1S/C20H17BrN2O3S/c1-14-10-12-15(13-11-14)27(25,26)23-18-8-4-2-6-16(18)20(24)22-19-9-5-3-7-17(19)21/h2-13,23H,1H3,(H,22,24). The Morgan fingerprint density at radius 1 is 0.852 bits per heavy atom. The van der Waals surface area contributed by atoms with E-state index in [-0.39, 0.29) is 16.1 Å². The predicted molar refractivity (Wildman–Crippen MR) is 111 cm³/mol. The number of carbonyl (C=O) groups is 1. The Bertz CT molecular complexity index is 1080. The van der Waals surface area contributed by atoms with Crippen LogP contribution < -0.4 is 10.0 Å². The predicted octanol–water partition coefficient (Wildman–Crippen LogP) is 4.81. The van der Waals surface area contributed by atoms with Crippen molar-refractivity contribution in [2.24, 2.45) is 0 Å². The Kier molecular flexibility index (Phi) is 5.62. The van der Waals surface area contributed by atoms with E-state index in [1.165, 1.54) is 12.1 Å². The van der Waals surface area contributed by atoms with Gasteiger partial charge in [-0.3, -0.25) is 9.52 Å². The molecule has 3 aromatic rings. The first-order valence-electron chi connectivity index (χ1n) is 8.11. The molecule has 0 aliphatic rings. The fourth-order valence-corrected chi connectivity index (χ4v) is 3.91. The number of halogens is 1. The first-order chi connectivity index (χ1) is 12.9. The number of aryl methyl sites for hydroxylation is 1. The number of hydrogen-bond donors (Lipinski definition) is 2. The van der Waals surface area contributed by atoms with Gasteiger partial charge in [0.25, 0.3) is 15.9 Å². The minimum Gasteiger partial charge on any atom is -0.321 e. The second-order valence-electron chi connectivity index (χ2n) is 5.90. The Labute approximate surface area is 166 Å². The summed E-state index contributed by atoms with van der Waals surface area (Å²) < 4.78 is 28.5. The summed E-state index contributed by atoms with van der Waals surface area (Å²) in [7, 11) is -3.81. The zero-order chi connectivity index (χ0) is 19.4. The van der Waals surface area contributed by atoms with Crippen molar-refractivity contribution in [1.29, 1.82) is 0 Å². The number of sulfonamides is 1. The average molecular weight is 445 g/mol. The van der Waals surface area contributed by atoms with Gasteiger partial charge in [-0.15, -0.1) is 0 Å². The molecule has 1 amide bonds. The summed E-state index contributed by atoms with van der Waals surface area (Å²) in [5.41, 5.74) is 1.99. The minimum atomic E-state index is -3.81. The van der Waals surface area contributed by atoms with Gasteiger partial charge in [-0.25, -0.2) is 8.42 Å². The fraction of sp³-hybridized carbons (Fsp3) is 0.0500. The van der Waals surface area contributed by atoms with E-state index in [9.17, 15) is 13.2 Å². The third kappa shape index (κ3) is 4.56. The highest BCUT2D eigenvalue weighted by Gasteiger charge is 2.19. The molecule has 0 unspecified atom stereocenters. The van der Waals surface area contributed by atoms with Crippen molar-refractivity contribution >= 4 is 43.2 Å². The molecule has 27 heavy (non-hydrogen) atoms. The van der Waals surface area contributed by atoms with E-state index in [0.717, 1.165) is 10.0 Å². The molecule has 0 atom stereocenters. The number of anilines is 2. The van der Waals surface area contributed by atoms with Gasteiger partial charge in [-0.2, -0.15) is 0 Å². The summed E-state index contributed by atoms with van der Waals surface area (Å²) in [5, 5.41) is 2.78. The third-order valence-corrected chi connectivity index (χ3v) is 5.94. The number of hydrogen-bond acceptors (Lipinski definition) is 3. The third-order valence-electron chi connectivity index (χ3n) is 3.87. The molecule has 3 rings (SSSR count). The van der Waals surface area contributed by atoms with Crippen LogP contribution in [0.5, 0.6) is 0 Å². The van der Waals surface area contributed by atoms with Crippen LogP contribution >= 0.6 is 15.9 Å². The van der Waals surface area contributed by atoms with E-state index in [0.29, 0.717) is 5.69 Å². The van der Waals surface area contributed by atoms with E-state index in [4.69, 9.17) is 0 Å². The smallest absolute Gasteiger partial charge is 0.261 e. The van der Waals surface area contributed by atoms with Crippen LogP contribution in [0.3, 0.4) is 0 Å². The van der Waals surface area contributed by atoms with Crippen LogP contribution in [0.15, 0.2) is 82.2 Å². The molecule has 0 radical (unpaired) electrons. The van der Waals surface area contributed by atoms with Gasteiger partial charge in [0.1, 0.15) is 0 Å². The molecule has 0 saturated carbocycles. The highest BCUT2D eigenvalue weighted by atomic mass is 79.9. The van der Waals surface area contributed by atoms with Crippen molar-refractivity contribution in [3.63, 3.8) is 0 Å². The van der Waals surface area contributed by atoms with Crippen LogP contribution in [0.1, 0.15) is 15.9 Å². The van der Waals surface area contributed by atoms with Crippen LogP contribution in [-0.4, -0.2) is 14.3 Å². The van der Waals surface area contributed by atoms with Crippen molar-refractivity contribution < 1.29 is 13.2 Å². The van der Waals surface area contributed by atoms with Crippen LogP contribution in [0.25, 0.3) is 0 Å². The van der Waals surface area contributed by atoms with E-state index < -0.39 is 15.9 Å². The monoisotopic (exact) mass is 444 g/mol. The lowest BCUT2D eigenvalue weighted by molar-refractivity contribution is 0.102. The second-order valence-corrected chi connectivity index (χ2v) is 8.43. The number of carbonyl (C=O) groups excluding carboxylic acids is 1. The molecule has 138 valence electrons. The number of amides is 1. The van der Waals surface area contributed by atoms with Crippen molar-refractivity contribution in [2.45, 2.75) is 11.8 Å². The van der Waals surface area contributed by atoms with E-state index in [2.05, 4.69) is 26.0 Å². The number of para-hydroxylation sites is 2. The van der Waals surface area contributed by atoms with Crippen LogP contribution in [-0.2, 0) is 10.0 Å². The van der Waals surface area contributed by atoms with Gasteiger partial charge in [0, 0.05) is 4.47 Å². The van der Waals surface area contributed by atoms with Gasteiger partial charge >= 0.3 is 0 Å². The number of nitrogens with one attached hydrogen (secondary N) is 2. The molecule has 0 bridgehead atoms. The SMILES string of the molecule is Cc1ccc(S(=O)(=O)Nc2ccccc2C(=O)Nc2ccccc2Br)cc1. The molecule has 0 aliphatic carbocycles. The number of rotatable bonds is 5. The molecular weight excluding hydrogens is 428 g/mol. The molecule has 0 aromatic heterocycles. The van der Waals surface area contributed by atoms with Crippen molar-refractivity contribution in [1.82, 2.24) is 0 Å². The summed E-state index contributed by atoms with van der Waals surface area (Å²) in [6.45, 7) is 1.88. The lowest BCUT2D eigenvalue weighted by Gasteiger charge is -2.13. The van der Waals surface area contributed by atoms with Gasteiger partial charge in [0.2, 0.25) is 0 Å². The van der Waals surface area contributed by atoms with Crippen molar-refractivity contribution in [3.05, 3.63) is 88.4 Å². The average Bonchev–Trinajstić information content (AvgIpc) is 2.64. The van der Waals surface area contributed by atoms with Gasteiger partial charge in [0.05, 0.1) is 21.8 Å². The summed E-state index contributed by atoms with van der Waals surface area (Å²) in [6.07, 6.45) is 0. The van der Waals surface area contributed by atoms with Gasteiger partial charge in [0.15, 0.2) is 0 Å². The summed E-state index contributed by atoms with van der Waals surface area (Å²) >= 11 is 3.37. The molecule has 7 heteroatoms. The molecule has 0 aliphatic heterocycles. The van der Waals surface area contributed by atoms with Crippen LogP contribution in [0, 0.1) is 6.92 Å². The molecule has 3 aromatic carbocycles. The zero-order valence-corrected chi connectivity index (χ0v) is 16.8. The largest absolute Gasteiger partial charge is 0.321 e. The maximum absolute atomic E-state index is 12.7.